The average molecular weight is 670 g/mol. The number of carbonyl (C=O) groups excluding carboxylic acids is 1. The number of amidine groups is 1. The zero-order chi connectivity index (χ0) is 31.8. The number of piperazine rings is 1. The van der Waals surface area contributed by atoms with E-state index in [-0.39, 0.29) is 58.9 Å². The molecule has 5 rings (SSSR count). The molecule has 2 aliphatic rings. The normalized spacial score (nSPS) is 20.2. The molecule has 2 unspecified atom stereocenters. The molecule has 2 fully saturated rings. The maximum absolute atomic E-state index is 14.5. The van der Waals surface area contributed by atoms with Crippen LogP contribution in [0, 0.1) is 12.3 Å². The van der Waals surface area contributed by atoms with Crippen LogP contribution in [-0.4, -0.2) is 76.9 Å². The fourth-order valence-corrected chi connectivity index (χ4v) is 8.55. The second-order valence-corrected chi connectivity index (χ2v) is 13.8. The number of alkyl halides is 3. The molecular formula is C28H31ClF3N7O3S2. The lowest BCUT2D eigenvalue weighted by atomic mass is 9.99. The Morgan fingerprint density at radius 3 is 2.41 bits per heavy atom. The predicted octanol–water partition coefficient (Wildman–Crippen LogP) is 4.33. The summed E-state index contributed by atoms with van der Waals surface area (Å²) in [5.41, 5.74) is 7.04. The second-order valence-electron chi connectivity index (χ2n) is 10.6. The lowest BCUT2D eigenvalue weighted by Gasteiger charge is -2.42. The number of carbonyl (C=O) groups is 1. The predicted molar refractivity (Wildman–Crippen MR) is 162 cm³/mol. The number of nitrogens with one attached hydrogen (secondary N) is 2. The minimum atomic E-state index is -4.82. The smallest absolute Gasteiger partial charge is 0.384 e. The number of benzene rings is 2. The summed E-state index contributed by atoms with van der Waals surface area (Å²) < 4.78 is 74.2. The fraction of sp³-hybridized carbons (Fsp3) is 0.393. The first-order chi connectivity index (χ1) is 20.8. The Morgan fingerprint density at radius 2 is 1.80 bits per heavy atom. The molecule has 0 saturated carbocycles. The van der Waals surface area contributed by atoms with E-state index in [1.807, 2.05) is 0 Å². The Hall–Kier alpha value is -2.95. The molecule has 0 amide bonds. The SMILES string of the molecule is Cc1c(C2C(C(F)(F)F)NCCN2S(=O)(=O)N2CCCC2)nn(C(=O)c2ccccc2Cl)c1SCc1ccc(C(=N)N)cc1. The zero-order valence-electron chi connectivity index (χ0n) is 23.6. The van der Waals surface area contributed by atoms with E-state index < -0.39 is 34.4 Å². The molecule has 2 aromatic carbocycles. The third kappa shape index (κ3) is 6.39. The summed E-state index contributed by atoms with van der Waals surface area (Å²) in [5, 5.41) is 14.9. The van der Waals surface area contributed by atoms with Gasteiger partial charge in [0.2, 0.25) is 0 Å². The van der Waals surface area contributed by atoms with Crippen LogP contribution in [0.15, 0.2) is 53.6 Å². The highest BCUT2D eigenvalue weighted by Gasteiger charge is 2.54. The summed E-state index contributed by atoms with van der Waals surface area (Å²) >= 11 is 7.49. The van der Waals surface area contributed by atoms with Gasteiger partial charge in [0.05, 0.1) is 22.3 Å². The molecule has 0 bridgehead atoms. The van der Waals surface area contributed by atoms with Crippen molar-refractivity contribution in [2.75, 3.05) is 26.2 Å². The summed E-state index contributed by atoms with van der Waals surface area (Å²) in [4.78, 5) is 13.8. The number of nitrogen functional groups attached to an aromatic ring is 1. The Kier molecular flexibility index (Phi) is 9.44. The first kappa shape index (κ1) is 32.4. The Labute approximate surface area is 262 Å². The second kappa shape index (κ2) is 12.8. The number of hydrogen-bond donors (Lipinski definition) is 3. The van der Waals surface area contributed by atoms with Gasteiger partial charge in [0.1, 0.15) is 16.9 Å². The number of aromatic nitrogens is 2. The lowest BCUT2D eigenvalue weighted by Crippen LogP contribution is -2.61. The van der Waals surface area contributed by atoms with Crippen LogP contribution in [0.5, 0.6) is 0 Å². The fourth-order valence-electron chi connectivity index (χ4n) is 5.43. The molecule has 236 valence electrons. The van der Waals surface area contributed by atoms with Crippen LogP contribution in [0.4, 0.5) is 13.2 Å². The van der Waals surface area contributed by atoms with Gasteiger partial charge >= 0.3 is 6.18 Å². The van der Waals surface area contributed by atoms with Crippen LogP contribution in [0.1, 0.15) is 51.6 Å². The van der Waals surface area contributed by atoms with Crippen molar-refractivity contribution in [1.82, 2.24) is 23.7 Å². The van der Waals surface area contributed by atoms with Gasteiger partial charge in [-0.1, -0.05) is 48.0 Å². The van der Waals surface area contributed by atoms with Gasteiger partial charge in [0, 0.05) is 43.1 Å². The molecule has 0 aliphatic carbocycles. The van der Waals surface area contributed by atoms with Gasteiger partial charge < -0.3 is 11.1 Å². The molecule has 3 aromatic rings. The average Bonchev–Trinajstić information content (AvgIpc) is 3.64. The zero-order valence-corrected chi connectivity index (χ0v) is 26.0. The van der Waals surface area contributed by atoms with Gasteiger partial charge in [-0.3, -0.25) is 10.2 Å². The van der Waals surface area contributed by atoms with Gasteiger partial charge in [-0.15, -0.1) is 11.8 Å². The molecule has 2 atom stereocenters. The highest BCUT2D eigenvalue weighted by molar-refractivity contribution is 7.98. The van der Waals surface area contributed by atoms with E-state index in [9.17, 15) is 26.4 Å². The minimum Gasteiger partial charge on any atom is -0.384 e. The summed E-state index contributed by atoms with van der Waals surface area (Å²) in [6, 6.07) is 9.09. The van der Waals surface area contributed by atoms with Crippen molar-refractivity contribution in [3.8, 4) is 0 Å². The van der Waals surface area contributed by atoms with E-state index in [4.69, 9.17) is 22.7 Å². The number of halogens is 4. The molecule has 16 heteroatoms. The van der Waals surface area contributed by atoms with Crippen molar-refractivity contribution in [3.63, 3.8) is 0 Å². The number of thioether (sulfide) groups is 1. The van der Waals surface area contributed by atoms with E-state index in [0.717, 1.165) is 14.6 Å². The van der Waals surface area contributed by atoms with Crippen LogP contribution in [0.2, 0.25) is 5.02 Å². The summed E-state index contributed by atoms with van der Waals surface area (Å²) in [6.07, 6.45) is -3.58. The molecule has 44 heavy (non-hydrogen) atoms. The van der Waals surface area contributed by atoms with Crippen LogP contribution in [0.25, 0.3) is 0 Å². The summed E-state index contributed by atoms with van der Waals surface area (Å²) in [6.45, 7) is 1.58. The van der Waals surface area contributed by atoms with Gasteiger partial charge in [0.25, 0.3) is 16.1 Å². The van der Waals surface area contributed by atoms with Gasteiger partial charge in [-0.05, 0) is 37.5 Å². The van der Waals surface area contributed by atoms with E-state index >= 15 is 0 Å². The largest absolute Gasteiger partial charge is 0.405 e. The highest BCUT2D eigenvalue weighted by atomic mass is 35.5. The van der Waals surface area contributed by atoms with Gasteiger partial charge in [0.15, 0.2) is 0 Å². The van der Waals surface area contributed by atoms with Crippen LogP contribution in [0.3, 0.4) is 0 Å². The molecule has 0 radical (unpaired) electrons. The van der Waals surface area contributed by atoms with Crippen molar-refractivity contribution in [2.45, 2.75) is 48.8 Å². The molecular weight excluding hydrogens is 639 g/mol. The topological polar surface area (TPSA) is 137 Å². The van der Waals surface area contributed by atoms with Gasteiger partial charge in [-0.2, -0.15) is 40.0 Å². The van der Waals surface area contributed by atoms with Crippen molar-refractivity contribution < 1.29 is 26.4 Å². The van der Waals surface area contributed by atoms with Crippen molar-refractivity contribution in [3.05, 3.63) is 81.5 Å². The van der Waals surface area contributed by atoms with Crippen LogP contribution in [-0.2, 0) is 16.0 Å². The lowest BCUT2D eigenvalue weighted by molar-refractivity contribution is -0.173. The maximum atomic E-state index is 14.5. The number of nitrogens with two attached hydrogens (primary N) is 1. The maximum Gasteiger partial charge on any atom is 0.405 e. The van der Waals surface area contributed by atoms with Gasteiger partial charge in [-0.25, -0.2) is 0 Å². The minimum absolute atomic E-state index is 0.0894. The number of rotatable bonds is 8. The van der Waals surface area contributed by atoms with E-state index in [0.29, 0.717) is 24.2 Å². The van der Waals surface area contributed by atoms with Crippen LogP contribution < -0.4 is 11.1 Å². The Balaban J connectivity index is 1.62. The molecule has 4 N–H and O–H groups in total. The quantitative estimate of drug-likeness (QED) is 0.185. The monoisotopic (exact) mass is 669 g/mol. The van der Waals surface area contributed by atoms with E-state index in [1.165, 1.54) is 28.2 Å². The first-order valence-corrected chi connectivity index (χ1v) is 16.6. The molecule has 10 nitrogen and oxygen atoms in total. The van der Waals surface area contributed by atoms with E-state index in [1.54, 1.807) is 43.3 Å². The molecule has 2 aliphatic heterocycles. The summed E-state index contributed by atoms with van der Waals surface area (Å²) in [5.74, 6) is -0.469. The van der Waals surface area contributed by atoms with Crippen LogP contribution >= 0.6 is 23.4 Å². The standard InChI is InChI=1S/C28H31ClF3N7O3S2/c1-17-22(23-24(28(30,31)32)35-12-15-38(23)44(41,42)37-13-4-5-14-37)36-39(26(40)20-6-2-3-7-21(20)29)27(17)43-16-18-8-10-19(11-9-18)25(33)34/h2-3,6-11,23-24,35H,4-5,12-16H2,1H3,(H3,33,34). The molecule has 2 saturated heterocycles. The third-order valence-corrected chi connectivity index (χ3v) is 11.3. The van der Waals surface area contributed by atoms with Crippen molar-refractivity contribution in [2.24, 2.45) is 5.73 Å². The summed E-state index contributed by atoms with van der Waals surface area (Å²) in [7, 11) is -4.28. The number of nitrogens with zero attached hydrogens (tertiary/aromatic N) is 4. The van der Waals surface area contributed by atoms with Crippen molar-refractivity contribution >= 4 is 45.3 Å². The van der Waals surface area contributed by atoms with E-state index in [2.05, 4.69) is 10.4 Å². The highest BCUT2D eigenvalue weighted by Crippen LogP contribution is 2.42. The Morgan fingerprint density at radius 1 is 1.14 bits per heavy atom. The molecule has 1 aromatic heterocycles. The first-order valence-electron chi connectivity index (χ1n) is 13.8. The third-order valence-electron chi connectivity index (χ3n) is 7.69. The van der Waals surface area contributed by atoms with Crippen molar-refractivity contribution in [1.29, 1.82) is 5.41 Å². The number of hydrogen-bond acceptors (Lipinski definition) is 7. The molecule has 3 heterocycles. The Bertz CT molecular complexity index is 1660. The molecule has 0 spiro atoms.